The predicted molar refractivity (Wildman–Crippen MR) is 80.0 cm³/mol. The van der Waals surface area contributed by atoms with Crippen LogP contribution in [-0.4, -0.2) is 0 Å². The van der Waals surface area contributed by atoms with Crippen molar-refractivity contribution >= 4 is 11.6 Å². The second-order valence-electron chi connectivity index (χ2n) is 4.94. The van der Waals surface area contributed by atoms with Gasteiger partial charge in [-0.05, 0) is 62.2 Å². The summed E-state index contributed by atoms with van der Waals surface area (Å²) in [6, 6.07) is 7.74. The SMILES string of the molecule is Cc1cc(Oc2ccc(F)cc2[C@@H](C)N)cc(C)c1Cl. The fourth-order valence-corrected chi connectivity index (χ4v) is 2.17. The van der Waals surface area contributed by atoms with Crippen molar-refractivity contribution in [1.82, 2.24) is 0 Å². The summed E-state index contributed by atoms with van der Waals surface area (Å²) in [5.74, 6) is 0.897. The van der Waals surface area contributed by atoms with Gasteiger partial charge in [-0.3, -0.25) is 0 Å². The lowest BCUT2D eigenvalue weighted by Crippen LogP contribution is -2.07. The zero-order chi connectivity index (χ0) is 14.9. The van der Waals surface area contributed by atoms with Gasteiger partial charge in [0.2, 0.25) is 0 Å². The van der Waals surface area contributed by atoms with Crippen LogP contribution in [0, 0.1) is 19.7 Å². The van der Waals surface area contributed by atoms with Gasteiger partial charge in [-0.1, -0.05) is 11.6 Å². The first kappa shape index (κ1) is 14.8. The van der Waals surface area contributed by atoms with Gasteiger partial charge in [-0.25, -0.2) is 4.39 Å². The van der Waals surface area contributed by atoms with E-state index in [0.717, 1.165) is 16.1 Å². The Morgan fingerprint density at radius 1 is 1.15 bits per heavy atom. The van der Waals surface area contributed by atoms with Gasteiger partial charge in [-0.15, -0.1) is 0 Å². The van der Waals surface area contributed by atoms with Crippen molar-refractivity contribution < 1.29 is 9.13 Å². The summed E-state index contributed by atoms with van der Waals surface area (Å²) >= 11 is 6.13. The molecule has 0 fully saturated rings. The molecule has 0 aliphatic rings. The molecular formula is C16H17ClFNO. The number of ether oxygens (including phenoxy) is 1. The van der Waals surface area contributed by atoms with Crippen molar-refractivity contribution in [2.75, 3.05) is 0 Å². The van der Waals surface area contributed by atoms with Crippen LogP contribution in [-0.2, 0) is 0 Å². The molecule has 0 heterocycles. The van der Waals surface area contributed by atoms with E-state index in [0.29, 0.717) is 17.1 Å². The van der Waals surface area contributed by atoms with E-state index in [-0.39, 0.29) is 11.9 Å². The van der Waals surface area contributed by atoms with E-state index in [1.54, 1.807) is 13.0 Å². The zero-order valence-electron chi connectivity index (χ0n) is 11.7. The number of hydrogen-bond donors (Lipinski definition) is 1. The molecule has 2 N–H and O–H groups in total. The minimum Gasteiger partial charge on any atom is -0.457 e. The van der Waals surface area contributed by atoms with Crippen molar-refractivity contribution in [3.05, 3.63) is 57.9 Å². The minimum absolute atomic E-state index is 0.310. The number of nitrogens with two attached hydrogens (primary N) is 1. The Hall–Kier alpha value is -1.58. The third-order valence-electron chi connectivity index (χ3n) is 3.10. The first-order chi connectivity index (χ1) is 9.38. The summed E-state index contributed by atoms with van der Waals surface area (Å²) in [6.07, 6.45) is 0. The average Bonchev–Trinajstić information content (AvgIpc) is 2.37. The smallest absolute Gasteiger partial charge is 0.132 e. The molecule has 1 atom stereocenters. The van der Waals surface area contributed by atoms with Gasteiger partial charge >= 0.3 is 0 Å². The Balaban J connectivity index is 2.40. The summed E-state index contributed by atoms with van der Waals surface area (Å²) in [6.45, 7) is 5.62. The van der Waals surface area contributed by atoms with Gasteiger partial charge in [0.05, 0.1) is 0 Å². The summed E-state index contributed by atoms with van der Waals surface area (Å²) in [4.78, 5) is 0. The highest BCUT2D eigenvalue weighted by molar-refractivity contribution is 6.32. The lowest BCUT2D eigenvalue weighted by atomic mass is 10.1. The fourth-order valence-electron chi connectivity index (χ4n) is 2.06. The van der Waals surface area contributed by atoms with Crippen molar-refractivity contribution in [3.8, 4) is 11.5 Å². The third kappa shape index (κ3) is 3.11. The molecule has 2 nitrogen and oxygen atoms in total. The molecular weight excluding hydrogens is 277 g/mol. The summed E-state index contributed by atoms with van der Waals surface area (Å²) in [5.41, 5.74) is 8.36. The highest BCUT2D eigenvalue weighted by Gasteiger charge is 2.12. The molecule has 2 aromatic rings. The maximum atomic E-state index is 13.3. The molecule has 0 spiro atoms. The van der Waals surface area contributed by atoms with Gasteiger partial charge in [0.25, 0.3) is 0 Å². The predicted octanol–water partition coefficient (Wildman–Crippen LogP) is 4.91. The van der Waals surface area contributed by atoms with Crippen LogP contribution >= 0.6 is 11.6 Å². The molecule has 0 aliphatic carbocycles. The zero-order valence-corrected chi connectivity index (χ0v) is 12.5. The molecule has 0 saturated heterocycles. The molecule has 106 valence electrons. The molecule has 0 amide bonds. The van der Waals surface area contributed by atoms with Gasteiger partial charge in [0.1, 0.15) is 17.3 Å². The summed E-state index contributed by atoms with van der Waals surface area (Å²) in [5, 5.41) is 0.726. The van der Waals surface area contributed by atoms with Crippen molar-refractivity contribution in [1.29, 1.82) is 0 Å². The Labute approximate surface area is 123 Å². The highest BCUT2D eigenvalue weighted by Crippen LogP contribution is 2.32. The van der Waals surface area contributed by atoms with Gasteiger partial charge in [0, 0.05) is 16.6 Å². The molecule has 0 unspecified atom stereocenters. The first-order valence-electron chi connectivity index (χ1n) is 6.38. The monoisotopic (exact) mass is 293 g/mol. The van der Waals surface area contributed by atoms with Crippen molar-refractivity contribution in [3.63, 3.8) is 0 Å². The molecule has 0 radical (unpaired) electrons. The van der Waals surface area contributed by atoms with Crippen LogP contribution in [0.15, 0.2) is 30.3 Å². The standard InChI is InChI=1S/C16H17ClFNO/c1-9-6-13(7-10(2)16(9)17)20-15-5-4-12(18)8-14(15)11(3)19/h4-8,11H,19H2,1-3H3/t11-/m1/s1. The van der Waals surface area contributed by atoms with Crippen LogP contribution in [0.1, 0.15) is 29.7 Å². The number of aryl methyl sites for hydroxylation is 2. The Morgan fingerprint density at radius 3 is 2.30 bits per heavy atom. The van der Waals surface area contributed by atoms with Crippen LogP contribution in [0.25, 0.3) is 0 Å². The van der Waals surface area contributed by atoms with E-state index in [2.05, 4.69) is 0 Å². The number of halogens is 2. The average molecular weight is 294 g/mol. The van der Waals surface area contributed by atoms with E-state index in [1.807, 2.05) is 26.0 Å². The lowest BCUT2D eigenvalue weighted by Gasteiger charge is -2.15. The van der Waals surface area contributed by atoms with Crippen LogP contribution in [0.3, 0.4) is 0 Å². The van der Waals surface area contributed by atoms with Gasteiger partial charge in [-0.2, -0.15) is 0 Å². The van der Waals surface area contributed by atoms with E-state index in [9.17, 15) is 4.39 Å². The summed E-state index contributed by atoms with van der Waals surface area (Å²) < 4.78 is 19.1. The Kier molecular flexibility index (Phi) is 4.31. The maximum Gasteiger partial charge on any atom is 0.132 e. The third-order valence-corrected chi connectivity index (χ3v) is 3.70. The molecule has 2 rings (SSSR count). The maximum absolute atomic E-state index is 13.3. The molecule has 0 aliphatic heterocycles. The van der Waals surface area contributed by atoms with Crippen LogP contribution in [0.5, 0.6) is 11.5 Å². The molecule has 0 saturated carbocycles. The van der Waals surface area contributed by atoms with Gasteiger partial charge < -0.3 is 10.5 Å². The molecule has 4 heteroatoms. The number of rotatable bonds is 3. The largest absolute Gasteiger partial charge is 0.457 e. The molecule has 0 bridgehead atoms. The van der Waals surface area contributed by atoms with E-state index in [4.69, 9.17) is 22.1 Å². The van der Waals surface area contributed by atoms with Crippen LogP contribution < -0.4 is 10.5 Å². The second-order valence-corrected chi connectivity index (χ2v) is 5.32. The normalized spacial score (nSPS) is 12.3. The van der Waals surface area contributed by atoms with Crippen LogP contribution in [0.2, 0.25) is 5.02 Å². The van der Waals surface area contributed by atoms with Crippen molar-refractivity contribution in [2.45, 2.75) is 26.8 Å². The van der Waals surface area contributed by atoms with Crippen molar-refractivity contribution in [2.24, 2.45) is 5.73 Å². The van der Waals surface area contributed by atoms with Crippen LogP contribution in [0.4, 0.5) is 4.39 Å². The Bertz CT molecular complexity index is 617. The summed E-state index contributed by atoms with van der Waals surface area (Å²) in [7, 11) is 0. The quantitative estimate of drug-likeness (QED) is 0.873. The van der Waals surface area contributed by atoms with E-state index >= 15 is 0 Å². The molecule has 2 aromatic carbocycles. The number of benzene rings is 2. The topological polar surface area (TPSA) is 35.2 Å². The first-order valence-corrected chi connectivity index (χ1v) is 6.76. The number of hydrogen-bond acceptors (Lipinski definition) is 2. The van der Waals surface area contributed by atoms with E-state index < -0.39 is 0 Å². The van der Waals surface area contributed by atoms with E-state index in [1.165, 1.54) is 12.1 Å². The van der Waals surface area contributed by atoms with Gasteiger partial charge in [0.15, 0.2) is 0 Å². The second kappa shape index (κ2) is 5.81. The fraction of sp³-hybridized carbons (Fsp3) is 0.250. The molecule has 20 heavy (non-hydrogen) atoms. The highest BCUT2D eigenvalue weighted by atomic mass is 35.5. The minimum atomic E-state index is -0.326. The molecule has 0 aromatic heterocycles. The Morgan fingerprint density at radius 2 is 1.75 bits per heavy atom. The lowest BCUT2D eigenvalue weighted by molar-refractivity contribution is 0.468.